The first-order valence-electron chi connectivity index (χ1n) is 7.79. The third kappa shape index (κ3) is 1.89. The van der Waals surface area contributed by atoms with Crippen LogP contribution in [0, 0.1) is 24.7 Å². The maximum absolute atomic E-state index is 4.59. The molecule has 1 N–H and O–H groups in total. The molecule has 4 atom stereocenters. The number of nitrogens with one attached hydrogen (secondary N) is 1. The summed E-state index contributed by atoms with van der Waals surface area (Å²) < 4.78 is 1.91. The zero-order valence-electron chi connectivity index (χ0n) is 12.2. The van der Waals surface area contributed by atoms with Gasteiger partial charge in [-0.25, -0.2) is 4.52 Å². The van der Waals surface area contributed by atoms with Gasteiger partial charge in [0.05, 0.1) is 0 Å². The molecular formula is C16H22N4. The molecule has 4 rings (SSSR count). The Hall–Kier alpha value is -1.58. The lowest BCUT2D eigenvalue weighted by molar-refractivity contribution is 0.303. The topological polar surface area (TPSA) is 42.2 Å². The summed E-state index contributed by atoms with van der Waals surface area (Å²) >= 11 is 0. The summed E-state index contributed by atoms with van der Waals surface area (Å²) in [6.45, 7) is 4.36. The number of rotatable bonds is 3. The van der Waals surface area contributed by atoms with E-state index in [2.05, 4.69) is 35.3 Å². The second-order valence-electron chi connectivity index (χ2n) is 6.64. The first-order valence-corrected chi connectivity index (χ1v) is 7.79. The molecule has 2 aliphatic rings. The van der Waals surface area contributed by atoms with E-state index in [0.717, 1.165) is 35.0 Å². The first-order chi connectivity index (χ1) is 9.70. The maximum atomic E-state index is 4.59. The van der Waals surface area contributed by atoms with Crippen molar-refractivity contribution in [3.8, 4) is 0 Å². The molecule has 0 radical (unpaired) electrons. The SMILES string of the molecule is Cc1cccc2nc(NC(C)C3CC4CCC3C4)nn12. The van der Waals surface area contributed by atoms with Crippen LogP contribution < -0.4 is 5.32 Å². The van der Waals surface area contributed by atoms with E-state index in [0.29, 0.717) is 6.04 Å². The average Bonchev–Trinajstić information content (AvgIpc) is 3.12. The van der Waals surface area contributed by atoms with Crippen LogP contribution in [-0.4, -0.2) is 20.6 Å². The Balaban J connectivity index is 1.54. The molecule has 4 unspecified atom stereocenters. The summed E-state index contributed by atoms with van der Waals surface area (Å²) in [7, 11) is 0. The van der Waals surface area contributed by atoms with Gasteiger partial charge in [-0.15, -0.1) is 5.10 Å². The van der Waals surface area contributed by atoms with E-state index >= 15 is 0 Å². The minimum atomic E-state index is 0.475. The molecule has 20 heavy (non-hydrogen) atoms. The zero-order chi connectivity index (χ0) is 13.7. The number of anilines is 1. The monoisotopic (exact) mass is 270 g/mol. The molecule has 106 valence electrons. The summed E-state index contributed by atoms with van der Waals surface area (Å²) in [6, 6.07) is 6.57. The van der Waals surface area contributed by atoms with Crippen molar-refractivity contribution in [2.24, 2.45) is 17.8 Å². The van der Waals surface area contributed by atoms with Crippen molar-refractivity contribution >= 4 is 11.6 Å². The number of hydrogen-bond acceptors (Lipinski definition) is 3. The van der Waals surface area contributed by atoms with Crippen LogP contribution in [0.1, 0.15) is 38.3 Å². The van der Waals surface area contributed by atoms with Crippen molar-refractivity contribution in [3.05, 3.63) is 23.9 Å². The Morgan fingerprint density at radius 1 is 1.30 bits per heavy atom. The van der Waals surface area contributed by atoms with Gasteiger partial charge >= 0.3 is 0 Å². The molecule has 2 fully saturated rings. The molecule has 2 heterocycles. The Kier molecular flexibility index (Phi) is 2.72. The minimum Gasteiger partial charge on any atom is -0.350 e. The second-order valence-corrected chi connectivity index (χ2v) is 6.64. The number of fused-ring (bicyclic) bond motifs is 3. The Morgan fingerprint density at radius 3 is 2.90 bits per heavy atom. The van der Waals surface area contributed by atoms with Crippen LogP contribution in [0.4, 0.5) is 5.95 Å². The van der Waals surface area contributed by atoms with Gasteiger partial charge in [0, 0.05) is 11.7 Å². The highest BCUT2D eigenvalue weighted by molar-refractivity contribution is 5.44. The summed E-state index contributed by atoms with van der Waals surface area (Å²) in [6.07, 6.45) is 5.73. The molecule has 4 heteroatoms. The van der Waals surface area contributed by atoms with Gasteiger partial charge in [0.2, 0.25) is 5.95 Å². The molecule has 2 aromatic rings. The van der Waals surface area contributed by atoms with E-state index in [1.807, 2.05) is 16.6 Å². The van der Waals surface area contributed by atoms with Gasteiger partial charge in [-0.3, -0.25) is 0 Å². The average molecular weight is 270 g/mol. The zero-order valence-corrected chi connectivity index (χ0v) is 12.2. The molecule has 0 saturated heterocycles. The Morgan fingerprint density at radius 2 is 2.20 bits per heavy atom. The van der Waals surface area contributed by atoms with Gasteiger partial charge in [-0.05, 0) is 63.0 Å². The minimum absolute atomic E-state index is 0.475. The number of nitrogens with zero attached hydrogens (tertiary/aromatic N) is 3. The maximum Gasteiger partial charge on any atom is 0.243 e. The molecule has 4 nitrogen and oxygen atoms in total. The summed E-state index contributed by atoms with van der Waals surface area (Å²) in [5, 5.41) is 8.12. The molecule has 2 bridgehead atoms. The number of pyridine rings is 1. The van der Waals surface area contributed by atoms with E-state index in [1.165, 1.54) is 25.7 Å². The van der Waals surface area contributed by atoms with Gasteiger partial charge in [0.25, 0.3) is 0 Å². The number of aryl methyl sites for hydroxylation is 1. The summed E-state index contributed by atoms with van der Waals surface area (Å²) in [5.41, 5.74) is 2.04. The number of aromatic nitrogens is 3. The smallest absolute Gasteiger partial charge is 0.243 e. The van der Waals surface area contributed by atoms with E-state index in [9.17, 15) is 0 Å². The van der Waals surface area contributed by atoms with Gasteiger partial charge < -0.3 is 5.32 Å². The molecular weight excluding hydrogens is 248 g/mol. The third-order valence-electron chi connectivity index (χ3n) is 5.34. The fourth-order valence-electron chi connectivity index (χ4n) is 4.31. The van der Waals surface area contributed by atoms with Gasteiger partial charge in [-0.2, -0.15) is 4.98 Å². The first kappa shape index (κ1) is 12.2. The van der Waals surface area contributed by atoms with Gasteiger partial charge in [-0.1, -0.05) is 12.5 Å². The van der Waals surface area contributed by atoms with Crippen molar-refractivity contribution in [2.75, 3.05) is 5.32 Å². The quantitative estimate of drug-likeness (QED) is 0.930. The fraction of sp³-hybridized carbons (Fsp3) is 0.625. The Bertz CT molecular complexity index is 632. The summed E-state index contributed by atoms with van der Waals surface area (Å²) in [5.74, 6) is 3.50. The predicted octanol–water partition coefficient (Wildman–Crippen LogP) is 3.27. The van der Waals surface area contributed by atoms with Crippen LogP contribution in [0.3, 0.4) is 0 Å². The van der Waals surface area contributed by atoms with Crippen molar-refractivity contribution in [1.29, 1.82) is 0 Å². The van der Waals surface area contributed by atoms with Crippen LogP contribution in [0.2, 0.25) is 0 Å². The molecule has 0 aliphatic heterocycles. The largest absolute Gasteiger partial charge is 0.350 e. The third-order valence-corrected chi connectivity index (χ3v) is 5.34. The lowest BCUT2D eigenvalue weighted by atomic mass is 9.84. The Labute approximate surface area is 119 Å². The van der Waals surface area contributed by atoms with Crippen LogP contribution in [-0.2, 0) is 0 Å². The molecule has 0 spiro atoms. The van der Waals surface area contributed by atoms with Crippen LogP contribution >= 0.6 is 0 Å². The van der Waals surface area contributed by atoms with E-state index < -0.39 is 0 Å². The second kappa shape index (κ2) is 4.47. The predicted molar refractivity (Wildman–Crippen MR) is 79.7 cm³/mol. The van der Waals surface area contributed by atoms with E-state index in [4.69, 9.17) is 0 Å². The standard InChI is InChI=1S/C16H22N4/c1-10-4-3-5-15-18-16(19-20(10)15)17-11(2)14-9-12-6-7-13(14)8-12/h3-5,11-14H,6-9H2,1-2H3,(H,17,19). The lowest BCUT2D eigenvalue weighted by Crippen LogP contribution is -2.30. The highest BCUT2D eigenvalue weighted by Gasteiger charge is 2.41. The van der Waals surface area contributed by atoms with Crippen molar-refractivity contribution < 1.29 is 0 Å². The molecule has 2 aliphatic carbocycles. The van der Waals surface area contributed by atoms with E-state index in [-0.39, 0.29) is 0 Å². The molecule has 0 amide bonds. The van der Waals surface area contributed by atoms with Gasteiger partial charge in [0.15, 0.2) is 5.65 Å². The van der Waals surface area contributed by atoms with Crippen molar-refractivity contribution in [3.63, 3.8) is 0 Å². The molecule has 0 aromatic carbocycles. The van der Waals surface area contributed by atoms with Crippen molar-refractivity contribution in [1.82, 2.24) is 14.6 Å². The number of hydrogen-bond donors (Lipinski definition) is 1. The normalized spacial score (nSPS) is 30.0. The van der Waals surface area contributed by atoms with E-state index in [1.54, 1.807) is 0 Å². The van der Waals surface area contributed by atoms with Crippen LogP contribution in [0.5, 0.6) is 0 Å². The molecule has 2 aromatic heterocycles. The van der Waals surface area contributed by atoms with Crippen LogP contribution in [0.15, 0.2) is 18.2 Å². The fourth-order valence-corrected chi connectivity index (χ4v) is 4.31. The lowest BCUT2D eigenvalue weighted by Gasteiger charge is -2.28. The van der Waals surface area contributed by atoms with Gasteiger partial charge in [0.1, 0.15) is 0 Å². The highest BCUT2D eigenvalue weighted by atomic mass is 15.4. The van der Waals surface area contributed by atoms with Crippen molar-refractivity contribution in [2.45, 2.75) is 45.6 Å². The molecule has 2 saturated carbocycles. The summed E-state index contributed by atoms with van der Waals surface area (Å²) in [4.78, 5) is 4.59. The van der Waals surface area contributed by atoms with Crippen LogP contribution in [0.25, 0.3) is 5.65 Å². The highest BCUT2D eigenvalue weighted by Crippen LogP contribution is 2.49.